The smallest absolute Gasteiger partial charge is 0.337 e. The molecule has 0 aromatic heterocycles. The molecule has 2 unspecified atom stereocenters. The minimum atomic E-state index is -5.17. The number of alkyl halides is 3. The van der Waals surface area contributed by atoms with Crippen LogP contribution >= 0.6 is 0 Å². The third-order valence-electron chi connectivity index (χ3n) is 7.02. The fraction of sp³-hybridized carbons (Fsp3) is 0.538. The van der Waals surface area contributed by atoms with Crippen molar-refractivity contribution in [1.29, 1.82) is 5.26 Å². The molecule has 2 heterocycles. The molecule has 39 heavy (non-hydrogen) atoms. The lowest BCUT2D eigenvalue weighted by Gasteiger charge is -2.35. The Hall–Kier alpha value is -3.95. The van der Waals surface area contributed by atoms with Gasteiger partial charge in [-0.25, -0.2) is 5.43 Å². The topological polar surface area (TPSA) is 135 Å². The number of likely N-dealkylation sites (N-methyl/N-ethyl adjacent to an activating group) is 1. The second-order valence-corrected chi connectivity index (χ2v) is 10.4. The highest BCUT2D eigenvalue weighted by molar-refractivity contribution is 6.06. The van der Waals surface area contributed by atoms with Gasteiger partial charge in [0.25, 0.3) is 0 Å². The number of benzene rings is 1. The maximum absolute atomic E-state index is 13.8. The number of nitrogens with one attached hydrogen (secondary N) is 2. The zero-order chi connectivity index (χ0) is 29.1. The minimum absolute atomic E-state index is 0.0526. The fourth-order valence-corrected chi connectivity index (χ4v) is 4.96. The van der Waals surface area contributed by atoms with Crippen molar-refractivity contribution in [3.8, 4) is 6.07 Å². The van der Waals surface area contributed by atoms with Gasteiger partial charge in [0.2, 0.25) is 17.7 Å². The summed E-state index contributed by atoms with van der Waals surface area (Å²) in [5.74, 6) is -4.31. The summed E-state index contributed by atoms with van der Waals surface area (Å²) in [6.45, 7) is 4.60. The highest BCUT2D eigenvalue weighted by Crippen LogP contribution is 2.41. The van der Waals surface area contributed by atoms with Crippen LogP contribution in [0.15, 0.2) is 35.4 Å². The van der Waals surface area contributed by atoms with Crippen LogP contribution in [0, 0.1) is 22.7 Å². The van der Waals surface area contributed by atoms with E-state index in [9.17, 15) is 37.6 Å². The summed E-state index contributed by atoms with van der Waals surface area (Å²) in [6, 6.07) is 7.57. The van der Waals surface area contributed by atoms with Crippen molar-refractivity contribution < 1.29 is 32.3 Å². The number of likely N-dealkylation sites (tertiary alicyclic amines) is 1. The number of hydrogen-bond acceptors (Lipinski definition) is 6. The molecule has 10 nitrogen and oxygen atoms in total. The van der Waals surface area contributed by atoms with Gasteiger partial charge in [0.05, 0.1) is 17.2 Å². The summed E-state index contributed by atoms with van der Waals surface area (Å²) < 4.78 is 38.1. The molecule has 0 bridgehead atoms. The molecule has 2 aliphatic heterocycles. The van der Waals surface area contributed by atoms with E-state index in [1.54, 1.807) is 19.2 Å². The first-order valence-electron chi connectivity index (χ1n) is 12.5. The van der Waals surface area contributed by atoms with E-state index in [0.717, 1.165) is 17.4 Å². The van der Waals surface area contributed by atoms with E-state index in [4.69, 9.17) is 0 Å². The molecule has 1 spiro atoms. The van der Waals surface area contributed by atoms with E-state index >= 15 is 0 Å². The molecule has 13 heteroatoms. The van der Waals surface area contributed by atoms with E-state index in [2.05, 4.69) is 16.6 Å². The molecule has 4 atom stereocenters. The highest BCUT2D eigenvalue weighted by atomic mass is 19.4. The molecule has 210 valence electrons. The zero-order valence-electron chi connectivity index (χ0n) is 22.1. The number of hydrogen-bond donors (Lipinski definition) is 2. The summed E-state index contributed by atoms with van der Waals surface area (Å²) in [6.07, 6.45) is -4.79. The van der Waals surface area contributed by atoms with Crippen LogP contribution in [-0.4, -0.2) is 77.0 Å². The first-order chi connectivity index (χ1) is 18.2. The maximum Gasteiger partial charge on any atom is 0.471 e. The molecule has 0 radical (unpaired) electrons. The Morgan fingerprint density at radius 3 is 2.46 bits per heavy atom. The van der Waals surface area contributed by atoms with Crippen LogP contribution in [0.4, 0.5) is 13.2 Å². The Bertz CT molecular complexity index is 1200. The monoisotopic (exact) mass is 548 g/mol. The molecule has 1 aromatic rings. The van der Waals surface area contributed by atoms with Gasteiger partial charge in [0.1, 0.15) is 18.1 Å². The molecule has 3 rings (SSSR count). The van der Waals surface area contributed by atoms with Gasteiger partial charge in [0.15, 0.2) is 0 Å². The van der Waals surface area contributed by atoms with Crippen molar-refractivity contribution in [3.05, 3.63) is 35.9 Å². The Morgan fingerprint density at radius 2 is 1.90 bits per heavy atom. The first-order valence-corrected chi connectivity index (χ1v) is 12.5. The van der Waals surface area contributed by atoms with Gasteiger partial charge >= 0.3 is 12.1 Å². The van der Waals surface area contributed by atoms with Gasteiger partial charge in [0, 0.05) is 20.0 Å². The zero-order valence-corrected chi connectivity index (χ0v) is 22.1. The Balaban J connectivity index is 1.85. The molecule has 2 N–H and O–H groups in total. The first kappa shape index (κ1) is 29.6. The number of nitrogens with zero attached hydrogens (tertiary/aromatic N) is 4. The van der Waals surface area contributed by atoms with Gasteiger partial charge in [-0.2, -0.15) is 23.5 Å². The number of hydrazone groups is 1. The summed E-state index contributed by atoms with van der Waals surface area (Å²) in [5.41, 5.74) is 2.78. The lowest BCUT2D eigenvalue weighted by atomic mass is 9.77. The maximum atomic E-state index is 13.8. The Morgan fingerprint density at radius 1 is 1.26 bits per heavy atom. The van der Waals surface area contributed by atoms with Crippen LogP contribution in [0.3, 0.4) is 0 Å². The van der Waals surface area contributed by atoms with Crippen molar-refractivity contribution in [3.63, 3.8) is 0 Å². The van der Waals surface area contributed by atoms with Crippen LogP contribution in [0.25, 0.3) is 0 Å². The van der Waals surface area contributed by atoms with Gasteiger partial charge in [-0.15, -0.1) is 0 Å². The van der Waals surface area contributed by atoms with Crippen molar-refractivity contribution in [2.75, 3.05) is 13.6 Å². The Kier molecular flexibility index (Phi) is 8.67. The SMILES string of the molecule is CC(C)CC(C(=O)N1C[C@]2(CC(c3ccccc3)=NNC2=O)C[C@H]1C#N)N(C)C(=O)C(C)NC(=O)C(F)(F)F. The van der Waals surface area contributed by atoms with Crippen molar-refractivity contribution >= 4 is 29.3 Å². The average Bonchev–Trinajstić information content (AvgIpc) is 3.26. The minimum Gasteiger partial charge on any atom is -0.337 e. The quantitative estimate of drug-likeness (QED) is 0.537. The summed E-state index contributed by atoms with van der Waals surface area (Å²) in [7, 11) is 1.27. The van der Waals surface area contributed by atoms with Gasteiger partial charge in [-0.05, 0) is 31.2 Å². The van der Waals surface area contributed by atoms with E-state index in [1.165, 1.54) is 11.9 Å². The van der Waals surface area contributed by atoms with Crippen molar-refractivity contribution in [1.82, 2.24) is 20.5 Å². The molecule has 0 aliphatic carbocycles. The third kappa shape index (κ3) is 6.38. The van der Waals surface area contributed by atoms with Gasteiger partial charge in [-0.1, -0.05) is 44.2 Å². The largest absolute Gasteiger partial charge is 0.471 e. The molecule has 2 aliphatic rings. The average molecular weight is 549 g/mol. The number of halogens is 3. The fourth-order valence-electron chi connectivity index (χ4n) is 4.96. The van der Waals surface area contributed by atoms with Gasteiger partial charge in [-0.3, -0.25) is 19.2 Å². The van der Waals surface area contributed by atoms with E-state index in [0.29, 0.717) is 5.71 Å². The van der Waals surface area contributed by atoms with Crippen LogP contribution < -0.4 is 10.7 Å². The van der Waals surface area contributed by atoms with Crippen LogP contribution in [-0.2, 0) is 19.2 Å². The number of carbonyl (C=O) groups excluding carboxylic acids is 4. The van der Waals surface area contributed by atoms with E-state index in [1.807, 2.05) is 30.3 Å². The second-order valence-electron chi connectivity index (χ2n) is 10.4. The van der Waals surface area contributed by atoms with Crippen LogP contribution in [0.2, 0.25) is 0 Å². The molecule has 0 saturated carbocycles. The molecular weight excluding hydrogens is 517 g/mol. The molecule has 1 fully saturated rings. The number of nitriles is 1. The number of amides is 4. The Labute approximate surface area is 224 Å². The van der Waals surface area contributed by atoms with Crippen LogP contribution in [0.5, 0.6) is 0 Å². The predicted molar refractivity (Wildman–Crippen MR) is 134 cm³/mol. The summed E-state index contributed by atoms with van der Waals surface area (Å²) in [5, 5.41) is 15.7. The summed E-state index contributed by atoms with van der Waals surface area (Å²) >= 11 is 0. The molecular formula is C26H31F3N6O4. The van der Waals surface area contributed by atoms with Gasteiger partial charge < -0.3 is 15.1 Å². The molecule has 4 amide bonds. The molecule has 1 saturated heterocycles. The van der Waals surface area contributed by atoms with E-state index in [-0.39, 0.29) is 31.7 Å². The summed E-state index contributed by atoms with van der Waals surface area (Å²) in [4.78, 5) is 53.4. The highest BCUT2D eigenvalue weighted by Gasteiger charge is 2.54. The van der Waals surface area contributed by atoms with E-state index < -0.39 is 53.3 Å². The third-order valence-corrected chi connectivity index (χ3v) is 7.02. The van der Waals surface area contributed by atoms with Crippen molar-refractivity contribution in [2.24, 2.45) is 16.4 Å². The van der Waals surface area contributed by atoms with Crippen molar-refractivity contribution in [2.45, 2.75) is 64.3 Å². The lowest BCUT2D eigenvalue weighted by Crippen LogP contribution is -2.56. The standard InChI is InChI=1S/C26H31F3N6O4/c1-15(2)10-20(34(4)21(36)16(3)31-24(39)26(27,28)29)22(37)35-14-25(11-18(35)13-30)12-19(32-33-23(25)38)17-8-6-5-7-9-17/h5-9,15-16,18,20H,10-12,14H2,1-4H3,(H,31,39)(H,33,38)/t16?,18-,20?,25+/m0/s1. The second kappa shape index (κ2) is 11.4. The molecule has 1 aromatic carbocycles. The lowest BCUT2D eigenvalue weighted by molar-refractivity contribution is -0.175. The normalized spacial score (nSPS) is 22.5. The predicted octanol–water partition coefficient (Wildman–Crippen LogP) is 1.96. The number of carbonyl (C=O) groups is 4. The van der Waals surface area contributed by atoms with Crippen LogP contribution in [0.1, 0.15) is 45.6 Å². The number of rotatable bonds is 7.